The van der Waals surface area contributed by atoms with Crippen LogP contribution in [0.25, 0.3) is 0 Å². The van der Waals surface area contributed by atoms with Gasteiger partial charge in [0.15, 0.2) is 12.4 Å². The minimum atomic E-state index is -1.33. The second-order valence-electron chi connectivity index (χ2n) is 7.21. The van der Waals surface area contributed by atoms with E-state index in [-0.39, 0.29) is 31.2 Å². The van der Waals surface area contributed by atoms with E-state index < -0.39 is 42.1 Å². The van der Waals surface area contributed by atoms with E-state index in [1.807, 2.05) is 0 Å². The van der Waals surface area contributed by atoms with Crippen LogP contribution in [0.1, 0.15) is 44.9 Å². The molecule has 0 spiro atoms. The third kappa shape index (κ3) is 4.41. The second kappa shape index (κ2) is 9.69. The Kier molecular flexibility index (Phi) is 7.57. The molecule has 0 radical (unpaired) electrons. The average molecular weight is 582 g/mol. The maximum absolute atomic E-state index is 13.1. The van der Waals surface area contributed by atoms with Gasteiger partial charge < -0.3 is 4.74 Å². The largest absolute Gasteiger partial charge is 0.456 e. The zero-order valence-electron chi connectivity index (χ0n) is 16.5. The Labute approximate surface area is 211 Å². The van der Waals surface area contributed by atoms with Crippen molar-refractivity contribution in [2.45, 2.75) is 19.9 Å². The fourth-order valence-electron chi connectivity index (χ4n) is 3.24. The topological polar surface area (TPSA) is 80.8 Å². The molecule has 1 aliphatic rings. The number of fused-ring (bicyclic) bond motifs is 1. The first-order valence-electron chi connectivity index (χ1n) is 9.16. The van der Waals surface area contributed by atoms with Crippen LogP contribution in [0.4, 0.5) is 0 Å². The molecule has 0 aromatic heterocycles. The Morgan fingerprint density at radius 2 is 1.38 bits per heavy atom. The van der Waals surface area contributed by atoms with Crippen LogP contribution in [-0.4, -0.2) is 41.1 Å². The number of rotatable bonds is 6. The Bertz CT molecular complexity index is 1100. The van der Waals surface area contributed by atoms with E-state index in [4.69, 9.17) is 51.1 Å². The van der Waals surface area contributed by atoms with E-state index >= 15 is 0 Å². The molecule has 6 nitrogen and oxygen atoms in total. The monoisotopic (exact) mass is 579 g/mol. The van der Waals surface area contributed by atoms with Crippen molar-refractivity contribution in [1.82, 2.24) is 4.90 Å². The first-order valence-corrected chi connectivity index (χ1v) is 11.5. The van der Waals surface area contributed by atoms with Gasteiger partial charge in [-0.1, -0.05) is 88.3 Å². The first-order chi connectivity index (χ1) is 15.0. The molecule has 2 aromatic rings. The number of benzene rings is 2. The van der Waals surface area contributed by atoms with Crippen LogP contribution < -0.4 is 0 Å². The average Bonchev–Trinajstić information content (AvgIpc) is 3.00. The van der Waals surface area contributed by atoms with Gasteiger partial charge in [0.05, 0.1) is 31.2 Å². The Morgan fingerprint density at radius 1 is 0.906 bits per heavy atom. The Balaban J connectivity index is 1.87. The van der Waals surface area contributed by atoms with Gasteiger partial charge in [-0.3, -0.25) is 19.3 Å². The normalized spacial score (nSPS) is 14.1. The van der Waals surface area contributed by atoms with E-state index in [1.165, 1.54) is 0 Å². The highest BCUT2D eigenvalue weighted by atomic mass is 79.9. The highest BCUT2D eigenvalue weighted by Gasteiger charge is 2.48. The highest BCUT2D eigenvalue weighted by Crippen LogP contribution is 2.45. The van der Waals surface area contributed by atoms with Gasteiger partial charge in [-0.2, -0.15) is 0 Å². The van der Waals surface area contributed by atoms with Crippen LogP contribution in [0, 0.1) is 5.92 Å². The van der Waals surface area contributed by atoms with Gasteiger partial charge in [-0.05, 0) is 18.1 Å². The van der Waals surface area contributed by atoms with Crippen molar-refractivity contribution in [3.05, 3.63) is 65.5 Å². The molecule has 0 saturated heterocycles. The third-order valence-corrected chi connectivity index (χ3v) is 7.13. The van der Waals surface area contributed by atoms with Crippen LogP contribution in [-0.2, 0) is 9.53 Å². The highest BCUT2D eigenvalue weighted by molar-refractivity contribution is 9.10. The molecule has 168 valence electrons. The zero-order chi connectivity index (χ0) is 23.9. The number of hydrogen-bond acceptors (Lipinski definition) is 5. The van der Waals surface area contributed by atoms with E-state index in [9.17, 15) is 19.2 Å². The number of carbonyl (C=O) groups excluding carboxylic acids is 4. The van der Waals surface area contributed by atoms with Gasteiger partial charge in [-0.15, -0.1) is 0 Å². The summed E-state index contributed by atoms with van der Waals surface area (Å²) in [6.45, 7) is 2.68. The summed E-state index contributed by atoms with van der Waals surface area (Å²) in [7, 11) is 0. The molecule has 1 aliphatic heterocycles. The van der Waals surface area contributed by atoms with Crippen molar-refractivity contribution in [1.29, 1.82) is 0 Å². The van der Waals surface area contributed by atoms with Gasteiger partial charge >= 0.3 is 5.97 Å². The van der Waals surface area contributed by atoms with Crippen LogP contribution in [0.15, 0.2) is 28.7 Å². The quantitative estimate of drug-likeness (QED) is 0.135. The lowest BCUT2D eigenvalue weighted by Crippen LogP contribution is -2.49. The minimum Gasteiger partial charge on any atom is -0.456 e. The molecule has 0 saturated carbocycles. The van der Waals surface area contributed by atoms with Crippen LogP contribution >= 0.6 is 62.3 Å². The number of ether oxygens (including phenoxy) is 1. The van der Waals surface area contributed by atoms with E-state index in [0.29, 0.717) is 10.5 Å². The molecule has 0 N–H and O–H groups in total. The molecule has 1 atom stereocenters. The van der Waals surface area contributed by atoms with Gasteiger partial charge in [0, 0.05) is 10.0 Å². The minimum absolute atomic E-state index is 0.177. The summed E-state index contributed by atoms with van der Waals surface area (Å²) in [5.41, 5.74) is -0.133. The molecule has 0 fully saturated rings. The predicted octanol–water partition coefficient (Wildman–Crippen LogP) is 6.11. The maximum atomic E-state index is 13.1. The Morgan fingerprint density at radius 3 is 1.81 bits per heavy atom. The summed E-state index contributed by atoms with van der Waals surface area (Å²) >= 11 is 27.6. The molecule has 1 unspecified atom stereocenters. The predicted molar refractivity (Wildman–Crippen MR) is 125 cm³/mol. The lowest BCUT2D eigenvalue weighted by atomic mass is 10.0. The molecule has 1 heterocycles. The van der Waals surface area contributed by atoms with Crippen molar-refractivity contribution < 1.29 is 23.9 Å². The first kappa shape index (κ1) is 25.0. The number of nitrogens with zero attached hydrogens (tertiary/aromatic N) is 1. The molecular weight excluding hydrogens is 568 g/mol. The smallest absolute Gasteiger partial charge is 0.330 e. The fraction of sp³-hybridized carbons (Fsp3) is 0.238. The number of Topliss-reactive ketones (excluding diaryl/α,β-unsaturated/α-hetero) is 1. The number of halogens is 5. The standard InChI is InChI=1S/C21H14BrCl4NO5/c1-8(2)18(21(31)32-7-11(28)9-3-5-10(22)6-4-9)27-19(29)12-13(20(27)30)15(24)17(26)16(25)14(12)23/h3-6,8,18H,7H2,1-2H3. The van der Waals surface area contributed by atoms with Gasteiger partial charge in [-0.25, -0.2) is 4.79 Å². The Hall–Kier alpha value is -1.64. The van der Waals surface area contributed by atoms with Crippen LogP contribution in [0.2, 0.25) is 20.1 Å². The molecule has 2 amide bonds. The van der Waals surface area contributed by atoms with Crippen LogP contribution in [0.5, 0.6) is 0 Å². The summed E-state index contributed by atoms with van der Waals surface area (Å²) in [4.78, 5) is 52.1. The molecule has 2 aromatic carbocycles. The number of hydrogen-bond donors (Lipinski definition) is 0. The summed E-state index contributed by atoms with van der Waals surface area (Å²) < 4.78 is 5.95. The summed E-state index contributed by atoms with van der Waals surface area (Å²) in [6, 6.07) is 5.16. The van der Waals surface area contributed by atoms with E-state index in [0.717, 1.165) is 4.47 Å². The van der Waals surface area contributed by atoms with Crippen molar-refractivity contribution in [3.63, 3.8) is 0 Å². The lowest BCUT2D eigenvalue weighted by molar-refractivity contribution is -0.148. The molecule has 0 bridgehead atoms. The zero-order valence-corrected chi connectivity index (χ0v) is 21.2. The molecule has 11 heteroatoms. The van der Waals surface area contributed by atoms with Gasteiger partial charge in [0.1, 0.15) is 6.04 Å². The SMILES string of the molecule is CC(C)C(C(=O)OCC(=O)c1ccc(Br)cc1)N1C(=O)c2c(Cl)c(Cl)c(Cl)c(Cl)c2C1=O. The summed E-state index contributed by atoms with van der Waals surface area (Å²) in [5, 5.41) is -0.830. The van der Waals surface area contributed by atoms with Crippen molar-refractivity contribution in [3.8, 4) is 0 Å². The molecule has 3 rings (SSSR count). The van der Waals surface area contributed by atoms with Crippen molar-refractivity contribution in [2.24, 2.45) is 5.92 Å². The third-order valence-electron chi connectivity index (χ3n) is 4.80. The molecule has 32 heavy (non-hydrogen) atoms. The van der Waals surface area contributed by atoms with Crippen molar-refractivity contribution >= 4 is 85.9 Å². The maximum Gasteiger partial charge on any atom is 0.330 e. The number of imide groups is 1. The number of amides is 2. The number of ketones is 1. The van der Waals surface area contributed by atoms with Crippen LogP contribution in [0.3, 0.4) is 0 Å². The fourth-order valence-corrected chi connectivity index (χ4v) is 4.51. The summed E-state index contributed by atoms with van der Waals surface area (Å²) in [6.07, 6.45) is 0. The van der Waals surface area contributed by atoms with Crippen molar-refractivity contribution in [2.75, 3.05) is 6.61 Å². The molecule has 0 aliphatic carbocycles. The second-order valence-corrected chi connectivity index (χ2v) is 9.64. The summed E-state index contributed by atoms with van der Waals surface area (Å²) in [5.74, 6) is -3.63. The number of carbonyl (C=O) groups is 4. The van der Waals surface area contributed by atoms with E-state index in [2.05, 4.69) is 15.9 Å². The lowest BCUT2D eigenvalue weighted by Gasteiger charge is -2.27. The number of esters is 1. The molecular formula is C21H14BrCl4NO5. The van der Waals surface area contributed by atoms with Gasteiger partial charge in [0.2, 0.25) is 0 Å². The van der Waals surface area contributed by atoms with Gasteiger partial charge in [0.25, 0.3) is 11.8 Å². The van der Waals surface area contributed by atoms with E-state index in [1.54, 1.807) is 38.1 Å².